The van der Waals surface area contributed by atoms with E-state index >= 15 is 0 Å². The van der Waals surface area contributed by atoms with Crippen LogP contribution in [0.25, 0.3) is 0 Å². The molecule has 1 N–H and O–H groups in total. The van der Waals surface area contributed by atoms with Gasteiger partial charge in [-0.1, -0.05) is 0 Å². The van der Waals surface area contributed by atoms with Crippen LogP contribution in [0.4, 0.5) is 0 Å². The molecule has 1 aliphatic rings. The normalized spacial score (nSPS) is 23.2. The monoisotopic (exact) mass is 245 g/mol. The number of thiophene rings is 1. The third-order valence-electron chi connectivity index (χ3n) is 2.27. The molecular formula is C9H12BrNS. The van der Waals surface area contributed by atoms with E-state index in [4.69, 9.17) is 0 Å². The quantitative estimate of drug-likeness (QED) is 0.845. The van der Waals surface area contributed by atoms with Gasteiger partial charge in [-0.15, -0.1) is 11.3 Å². The minimum Gasteiger partial charge on any atom is -0.316 e. The van der Waals surface area contributed by atoms with Crippen LogP contribution in [0.3, 0.4) is 0 Å². The van der Waals surface area contributed by atoms with E-state index in [-0.39, 0.29) is 0 Å². The topological polar surface area (TPSA) is 12.0 Å². The molecular weight excluding hydrogens is 234 g/mol. The second kappa shape index (κ2) is 3.90. The summed E-state index contributed by atoms with van der Waals surface area (Å²) >= 11 is 5.34. The van der Waals surface area contributed by atoms with Crippen molar-refractivity contribution in [3.8, 4) is 0 Å². The van der Waals surface area contributed by atoms with Crippen molar-refractivity contribution in [3.63, 3.8) is 0 Å². The zero-order valence-electron chi connectivity index (χ0n) is 6.85. The zero-order chi connectivity index (χ0) is 8.39. The standard InChI is InChI=1S/C9H12BrNS/c10-8-4-9(12-6-8)3-7-1-2-11-5-7/h4,6-7,11H,1-3,5H2. The van der Waals surface area contributed by atoms with E-state index in [9.17, 15) is 0 Å². The molecule has 0 aliphatic carbocycles. The van der Waals surface area contributed by atoms with Gasteiger partial charge in [-0.05, 0) is 53.8 Å². The molecule has 66 valence electrons. The van der Waals surface area contributed by atoms with Gasteiger partial charge in [0.1, 0.15) is 0 Å². The van der Waals surface area contributed by atoms with Crippen molar-refractivity contribution >= 4 is 27.3 Å². The average molecular weight is 246 g/mol. The highest BCUT2D eigenvalue weighted by Gasteiger charge is 2.15. The molecule has 1 unspecified atom stereocenters. The zero-order valence-corrected chi connectivity index (χ0v) is 9.25. The largest absolute Gasteiger partial charge is 0.316 e. The second-order valence-electron chi connectivity index (χ2n) is 3.29. The van der Waals surface area contributed by atoms with Crippen LogP contribution < -0.4 is 5.32 Å². The number of halogens is 1. The van der Waals surface area contributed by atoms with Gasteiger partial charge in [0.2, 0.25) is 0 Å². The van der Waals surface area contributed by atoms with Crippen LogP contribution in [0.15, 0.2) is 15.9 Å². The minimum absolute atomic E-state index is 0.871. The van der Waals surface area contributed by atoms with Gasteiger partial charge in [0.15, 0.2) is 0 Å². The molecule has 1 saturated heterocycles. The Morgan fingerprint density at radius 3 is 3.17 bits per heavy atom. The third-order valence-corrected chi connectivity index (χ3v) is 3.99. The molecule has 1 aromatic heterocycles. The summed E-state index contributed by atoms with van der Waals surface area (Å²) in [4.78, 5) is 1.51. The molecule has 0 spiro atoms. The first-order valence-corrected chi connectivity index (χ1v) is 5.95. The number of nitrogens with one attached hydrogen (secondary N) is 1. The maximum absolute atomic E-state index is 3.48. The van der Waals surface area contributed by atoms with Gasteiger partial charge in [-0.2, -0.15) is 0 Å². The van der Waals surface area contributed by atoms with E-state index in [1.807, 2.05) is 11.3 Å². The maximum Gasteiger partial charge on any atom is 0.0285 e. The molecule has 1 atom stereocenters. The summed E-state index contributed by atoms with van der Waals surface area (Å²) in [6.45, 7) is 2.41. The predicted molar refractivity (Wildman–Crippen MR) is 56.7 cm³/mol. The first-order chi connectivity index (χ1) is 5.84. The van der Waals surface area contributed by atoms with Crippen molar-refractivity contribution in [2.75, 3.05) is 13.1 Å². The minimum atomic E-state index is 0.871. The molecule has 2 heterocycles. The molecule has 0 bridgehead atoms. The number of hydrogen-bond acceptors (Lipinski definition) is 2. The summed E-state index contributed by atoms with van der Waals surface area (Å²) in [6.07, 6.45) is 2.60. The molecule has 0 amide bonds. The lowest BCUT2D eigenvalue weighted by Crippen LogP contribution is -2.10. The molecule has 1 aromatic rings. The van der Waals surface area contributed by atoms with Gasteiger partial charge < -0.3 is 5.32 Å². The Morgan fingerprint density at radius 1 is 1.67 bits per heavy atom. The number of hydrogen-bond donors (Lipinski definition) is 1. The van der Waals surface area contributed by atoms with Gasteiger partial charge in [0, 0.05) is 14.7 Å². The van der Waals surface area contributed by atoms with Crippen molar-refractivity contribution in [2.45, 2.75) is 12.8 Å². The second-order valence-corrected chi connectivity index (χ2v) is 5.21. The Hall–Kier alpha value is 0.140. The van der Waals surface area contributed by atoms with E-state index in [2.05, 4.69) is 32.7 Å². The molecule has 0 aromatic carbocycles. The molecule has 2 rings (SSSR count). The Bertz CT molecular complexity index is 253. The molecule has 3 heteroatoms. The molecule has 1 nitrogen and oxygen atoms in total. The van der Waals surface area contributed by atoms with Gasteiger partial charge in [0.05, 0.1) is 0 Å². The maximum atomic E-state index is 3.48. The molecule has 12 heavy (non-hydrogen) atoms. The van der Waals surface area contributed by atoms with Gasteiger partial charge in [-0.3, -0.25) is 0 Å². The molecule has 0 saturated carbocycles. The van der Waals surface area contributed by atoms with Crippen LogP contribution >= 0.6 is 27.3 Å². The van der Waals surface area contributed by atoms with Gasteiger partial charge in [-0.25, -0.2) is 0 Å². The smallest absolute Gasteiger partial charge is 0.0285 e. The van der Waals surface area contributed by atoms with Crippen LogP contribution in [-0.2, 0) is 6.42 Å². The van der Waals surface area contributed by atoms with E-state index in [0.29, 0.717) is 0 Å². The highest BCUT2D eigenvalue weighted by molar-refractivity contribution is 9.10. The summed E-state index contributed by atoms with van der Waals surface area (Å²) in [7, 11) is 0. The Labute approximate surface area is 85.3 Å². The van der Waals surface area contributed by atoms with E-state index in [1.54, 1.807) is 0 Å². The summed E-state index contributed by atoms with van der Waals surface area (Å²) in [5.41, 5.74) is 0. The lowest BCUT2D eigenvalue weighted by Gasteiger charge is -2.04. The highest BCUT2D eigenvalue weighted by atomic mass is 79.9. The van der Waals surface area contributed by atoms with Crippen molar-refractivity contribution in [1.29, 1.82) is 0 Å². The van der Waals surface area contributed by atoms with Crippen molar-refractivity contribution in [1.82, 2.24) is 5.32 Å². The Morgan fingerprint density at radius 2 is 2.58 bits per heavy atom. The third kappa shape index (κ3) is 2.09. The van der Waals surface area contributed by atoms with Crippen LogP contribution in [-0.4, -0.2) is 13.1 Å². The van der Waals surface area contributed by atoms with E-state index < -0.39 is 0 Å². The summed E-state index contributed by atoms with van der Waals surface area (Å²) in [5, 5.41) is 5.56. The van der Waals surface area contributed by atoms with Gasteiger partial charge >= 0.3 is 0 Å². The van der Waals surface area contributed by atoms with Crippen LogP contribution in [0.5, 0.6) is 0 Å². The van der Waals surface area contributed by atoms with Crippen molar-refractivity contribution in [2.24, 2.45) is 5.92 Å². The van der Waals surface area contributed by atoms with Crippen molar-refractivity contribution < 1.29 is 0 Å². The average Bonchev–Trinajstić information content (AvgIpc) is 2.63. The van der Waals surface area contributed by atoms with Gasteiger partial charge in [0.25, 0.3) is 0 Å². The fraction of sp³-hybridized carbons (Fsp3) is 0.556. The summed E-state index contributed by atoms with van der Waals surface area (Å²) in [6, 6.07) is 2.24. The fourth-order valence-electron chi connectivity index (χ4n) is 1.63. The Balaban J connectivity index is 1.94. The summed E-state index contributed by atoms with van der Waals surface area (Å²) < 4.78 is 1.23. The molecule has 1 fully saturated rings. The van der Waals surface area contributed by atoms with Crippen LogP contribution in [0, 0.1) is 5.92 Å². The fourth-order valence-corrected chi connectivity index (χ4v) is 3.20. The lowest BCUT2D eigenvalue weighted by atomic mass is 10.0. The Kier molecular flexibility index (Phi) is 2.84. The van der Waals surface area contributed by atoms with E-state index in [1.165, 1.54) is 35.3 Å². The summed E-state index contributed by atoms with van der Waals surface area (Å²) in [5.74, 6) is 0.871. The molecule has 0 radical (unpaired) electrons. The first kappa shape index (κ1) is 8.73. The van der Waals surface area contributed by atoms with E-state index in [0.717, 1.165) is 5.92 Å². The number of rotatable bonds is 2. The van der Waals surface area contributed by atoms with Crippen molar-refractivity contribution in [3.05, 3.63) is 20.8 Å². The van der Waals surface area contributed by atoms with Crippen LogP contribution in [0.1, 0.15) is 11.3 Å². The lowest BCUT2D eigenvalue weighted by molar-refractivity contribution is 0.585. The first-order valence-electron chi connectivity index (χ1n) is 4.28. The highest BCUT2D eigenvalue weighted by Crippen LogP contribution is 2.24. The molecule has 1 aliphatic heterocycles. The SMILES string of the molecule is Brc1csc(CC2CCNC2)c1. The predicted octanol–water partition coefficient (Wildman–Crippen LogP) is 2.66. The van der Waals surface area contributed by atoms with Crippen LogP contribution in [0.2, 0.25) is 0 Å².